The van der Waals surface area contributed by atoms with Crippen molar-refractivity contribution in [1.29, 1.82) is 0 Å². The number of H-pyrrole nitrogens is 1. The Kier molecular flexibility index (Phi) is 3.38. The highest BCUT2D eigenvalue weighted by Crippen LogP contribution is 2.37. The predicted molar refractivity (Wildman–Crippen MR) is 89.4 cm³/mol. The van der Waals surface area contributed by atoms with Crippen LogP contribution in [-0.4, -0.2) is 31.1 Å². The molecule has 1 fully saturated rings. The third-order valence-electron chi connectivity index (χ3n) is 4.53. The van der Waals surface area contributed by atoms with Crippen LogP contribution in [0.3, 0.4) is 0 Å². The van der Waals surface area contributed by atoms with Crippen LogP contribution in [0.25, 0.3) is 0 Å². The van der Waals surface area contributed by atoms with Gasteiger partial charge in [-0.3, -0.25) is 14.6 Å². The van der Waals surface area contributed by atoms with Gasteiger partial charge in [-0.15, -0.1) is 0 Å². The highest BCUT2D eigenvalue weighted by Gasteiger charge is 2.37. The second-order valence-electron chi connectivity index (χ2n) is 6.32. The van der Waals surface area contributed by atoms with Crippen molar-refractivity contribution in [1.82, 2.24) is 10.2 Å². The number of hydrogen-bond acceptors (Lipinski definition) is 4. The van der Waals surface area contributed by atoms with Gasteiger partial charge in [0.1, 0.15) is 0 Å². The normalized spacial score (nSPS) is 17.0. The highest BCUT2D eigenvalue weighted by atomic mass is 32.2. The van der Waals surface area contributed by atoms with Gasteiger partial charge in [-0.2, -0.15) is 5.10 Å². The third-order valence-corrected chi connectivity index (χ3v) is 5.89. The van der Waals surface area contributed by atoms with Crippen LogP contribution in [0, 0.1) is 12.8 Å². The zero-order valence-corrected chi connectivity index (χ0v) is 14.1. The van der Waals surface area contributed by atoms with Crippen LogP contribution in [0.5, 0.6) is 0 Å². The number of hydrogen-bond donors (Lipinski definition) is 2. The Bertz CT molecular complexity index is 915. The number of aromatic nitrogens is 2. The first-order valence-corrected chi connectivity index (χ1v) is 9.41. The van der Waals surface area contributed by atoms with Crippen LogP contribution in [0.4, 0.5) is 11.4 Å². The maximum atomic E-state index is 12.6. The number of nitrogens with one attached hydrogen (secondary N) is 2. The maximum absolute atomic E-state index is 12.6. The van der Waals surface area contributed by atoms with Gasteiger partial charge in [0.2, 0.25) is 5.91 Å². The number of amides is 1. The average molecular weight is 346 g/mol. The minimum absolute atomic E-state index is 0.113. The molecule has 7 nitrogen and oxygen atoms in total. The van der Waals surface area contributed by atoms with Gasteiger partial charge in [-0.25, -0.2) is 8.42 Å². The molecule has 4 rings (SSSR count). The molecule has 0 saturated heterocycles. The molecular formula is C16H18N4O3S. The molecule has 0 spiro atoms. The summed E-state index contributed by atoms with van der Waals surface area (Å²) in [4.78, 5) is 14.3. The number of rotatable bonds is 4. The van der Waals surface area contributed by atoms with Crippen molar-refractivity contribution >= 4 is 27.3 Å². The summed E-state index contributed by atoms with van der Waals surface area (Å²) in [6.45, 7) is 2.37. The van der Waals surface area contributed by atoms with Gasteiger partial charge in [0.15, 0.2) is 0 Å². The van der Waals surface area contributed by atoms with Gasteiger partial charge in [0, 0.05) is 18.2 Å². The summed E-state index contributed by atoms with van der Waals surface area (Å²) in [5.74, 6) is 0.227. The first-order chi connectivity index (χ1) is 11.5. The number of carbonyl (C=O) groups excluding carboxylic acids is 1. The van der Waals surface area contributed by atoms with E-state index in [0.717, 1.165) is 30.5 Å². The lowest BCUT2D eigenvalue weighted by atomic mass is 10.2. The maximum Gasteiger partial charge on any atom is 0.262 e. The quantitative estimate of drug-likeness (QED) is 0.883. The summed E-state index contributed by atoms with van der Waals surface area (Å²) < 4.78 is 27.8. The van der Waals surface area contributed by atoms with Crippen molar-refractivity contribution in [3.05, 3.63) is 35.7 Å². The molecule has 2 heterocycles. The van der Waals surface area contributed by atoms with Crippen LogP contribution in [0.2, 0.25) is 0 Å². The molecule has 1 amide bonds. The van der Waals surface area contributed by atoms with Gasteiger partial charge < -0.3 is 4.90 Å². The van der Waals surface area contributed by atoms with E-state index in [1.165, 1.54) is 6.20 Å². The van der Waals surface area contributed by atoms with Gasteiger partial charge in [0.05, 0.1) is 22.5 Å². The van der Waals surface area contributed by atoms with Crippen molar-refractivity contribution < 1.29 is 13.2 Å². The first-order valence-electron chi connectivity index (χ1n) is 7.93. The number of fused-ring (bicyclic) bond motifs is 1. The summed E-state index contributed by atoms with van der Waals surface area (Å²) in [5.41, 5.74) is 2.80. The molecule has 0 radical (unpaired) electrons. The number of aromatic amines is 1. The summed E-state index contributed by atoms with van der Waals surface area (Å²) >= 11 is 0. The second-order valence-corrected chi connectivity index (χ2v) is 8.00. The predicted octanol–water partition coefficient (Wildman–Crippen LogP) is 1.82. The summed E-state index contributed by atoms with van der Waals surface area (Å²) in [6, 6.07) is 4.98. The first kappa shape index (κ1) is 15.2. The molecule has 2 N–H and O–H groups in total. The zero-order chi connectivity index (χ0) is 16.9. The molecule has 0 unspecified atom stereocenters. The Morgan fingerprint density at radius 1 is 1.38 bits per heavy atom. The fourth-order valence-electron chi connectivity index (χ4n) is 2.96. The fraction of sp³-hybridized carbons (Fsp3) is 0.375. The van der Waals surface area contributed by atoms with E-state index >= 15 is 0 Å². The van der Waals surface area contributed by atoms with E-state index in [9.17, 15) is 13.2 Å². The molecule has 0 bridgehead atoms. The molecule has 1 saturated carbocycles. The van der Waals surface area contributed by atoms with Crippen LogP contribution in [0.15, 0.2) is 29.3 Å². The van der Waals surface area contributed by atoms with Crippen molar-refractivity contribution in [2.75, 3.05) is 16.2 Å². The second kappa shape index (κ2) is 5.34. The van der Waals surface area contributed by atoms with Crippen LogP contribution >= 0.6 is 0 Å². The molecule has 1 aliphatic carbocycles. The zero-order valence-electron chi connectivity index (χ0n) is 13.2. The monoisotopic (exact) mass is 346 g/mol. The summed E-state index contributed by atoms with van der Waals surface area (Å²) in [6.07, 6.45) is 4.07. The Morgan fingerprint density at radius 2 is 2.17 bits per heavy atom. The Balaban J connectivity index is 1.66. The van der Waals surface area contributed by atoms with E-state index in [4.69, 9.17) is 0 Å². The Hall–Kier alpha value is -2.35. The molecule has 0 atom stereocenters. The Labute approximate surface area is 140 Å². The molecule has 1 aromatic carbocycles. The van der Waals surface area contributed by atoms with Crippen LogP contribution in [-0.2, 0) is 21.2 Å². The van der Waals surface area contributed by atoms with Crippen LogP contribution in [0.1, 0.15) is 24.1 Å². The van der Waals surface area contributed by atoms with Gasteiger partial charge in [-0.05, 0) is 43.9 Å². The largest absolute Gasteiger partial charge is 0.312 e. The van der Waals surface area contributed by atoms with Gasteiger partial charge in [0.25, 0.3) is 10.0 Å². The van der Waals surface area contributed by atoms with Crippen molar-refractivity contribution in [3.8, 4) is 0 Å². The number of anilines is 2. The molecule has 2 aromatic rings. The minimum atomic E-state index is -3.73. The number of nitrogens with zero attached hydrogens (tertiary/aromatic N) is 2. The fourth-order valence-corrected chi connectivity index (χ4v) is 4.09. The van der Waals surface area contributed by atoms with Crippen LogP contribution < -0.4 is 9.62 Å². The lowest BCUT2D eigenvalue weighted by molar-refractivity contribution is -0.119. The molecular weight excluding hydrogens is 328 g/mol. The molecule has 1 aromatic heterocycles. The highest BCUT2D eigenvalue weighted by molar-refractivity contribution is 7.92. The van der Waals surface area contributed by atoms with E-state index in [0.29, 0.717) is 17.9 Å². The lowest BCUT2D eigenvalue weighted by Gasteiger charge is -2.18. The number of sulfonamides is 1. The summed E-state index contributed by atoms with van der Waals surface area (Å²) in [5, 5.41) is 6.51. The van der Waals surface area contributed by atoms with Crippen molar-refractivity contribution in [3.63, 3.8) is 0 Å². The van der Waals surface area contributed by atoms with E-state index in [1.807, 2.05) is 0 Å². The SMILES string of the molecule is Cc1[nH]ncc1NS(=O)(=O)c1ccc2c(c1)N(C(=O)C1CC1)CC2. The molecule has 8 heteroatoms. The standard InChI is InChI=1S/C16H18N4O3S/c1-10-14(9-17-18-10)19-24(22,23)13-5-4-11-6-7-20(15(11)8-13)16(21)12-2-3-12/h4-5,8-9,12,19H,2-3,6-7H2,1H3,(H,17,18). The average Bonchev–Trinajstić information content (AvgIpc) is 3.21. The molecule has 24 heavy (non-hydrogen) atoms. The topological polar surface area (TPSA) is 95.2 Å². The number of carbonyl (C=O) groups is 1. The molecule has 2 aliphatic rings. The third kappa shape index (κ3) is 2.56. The van der Waals surface area contributed by atoms with Crippen molar-refractivity contribution in [2.24, 2.45) is 5.92 Å². The minimum Gasteiger partial charge on any atom is -0.312 e. The summed E-state index contributed by atoms with van der Waals surface area (Å²) in [7, 11) is -3.73. The Morgan fingerprint density at radius 3 is 2.83 bits per heavy atom. The van der Waals surface area contributed by atoms with E-state index in [1.54, 1.807) is 30.0 Å². The number of aryl methyl sites for hydroxylation is 1. The molecule has 126 valence electrons. The van der Waals surface area contributed by atoms with E-state index in [2.05, 4.69) is 14.9 Å². The van der Waals surface area contributed by atoms with E-state index in [-0.39, 0.29) is 16.7 Å². The van der Waals surface area contributed by atoms with Gasteiger partial charge >= 0.3 is 0 Å². The smallest absolute Gasteiger partial charge is 0.262 e. The lowest BCUT2D eigenvalue weighted by Crippen LogP contribution is -2.30. The van der Waals surface area contributed by atoms with Gasteiger partial charge in [-0.1, -0.05) is 6.07 Å². The molecule has 1 aliphatic heterocycles. The number of benzene rings is 1. The van der Waals surface area contributed by atoms with E-state index < -0.39 is 10.0 Å². The van der Waals surface area contributed by atoms with Crippen molar-refractivity contribution in [2.45, 2.75) is 31.1 Å².